The van der Waals surface area contributed by atoms with Crippen molar-refractivity contribution in [2.45, 2.75) is 57.8 Å². The number of nitrogens with one attached hydrogen (secondary N) is 3. The molecule has 5 rings (SSSR count). The monoisotopic (exact) mass is 928 g/mol. The first-order valence-electron chi connectivity index (χ1n) is 20.8. The molecular formula is C40H52N18O9. The normalized spacial score (nSPS) is 11.3. The van der Waals surface area contributed by atoms with E-state index in [2.05, 4.69) is 50.8 Å². The number of aromatic nitrogens is 8. The van der Waals surface area contributed by atoms with Gasteiger partial charge in [-0.25, -0.2) is 39.5 Å². The van der Waals surface area contributed by atoms with Crippen LogP contribution in [0.2, 0.25) is 0 Å². The van der Waals surface area contributed by atoms with E-state index in [1.807, 2.05) is 6.07 Å². The number of guanidine groups is 1. The van der Waals surface area contributed by atoms with E-state index >= 15 is 0 Å². The molecule has 0 aliphatic rings. The number of carbonyl (C=O) groups is 7. The van der Waals surface area contributed by atoms with Crippen molar-refractivity contribution in [3.63, 3.8) is 0 Å². The molecule has 0 aliphatic carbocycles. The average molecular weight is 929 g/mol. The lowest BCUT2D eigenvalue weighted by molar-refractivity contribution is -0.151. The summed E-state index contributed by atoms with van der Waals surface area (Å²) in [6.45, 7) is -2.54. The Bertz CT molecular complexity index is 2560. The van der Waals surface area contributed by atoms with Crippen molar-refractivity contribution in [1.82, 2.24) is 64.8 Å². The van der Waals surface area contributed by atoms with Crippen molar-refractivity contribution < 1.29 is 43.0 Å². The number of ether oxygens (including phenoxy) is 2. The number of carbonyl (C=O) groups excluding carboxylic acids is 7. The van der Waals surface area contributed by atoms with E-state index in [9.17, 15) is 33.6 Å². The number of imidazole rings is 2. The summed E-state index contributed by atoms with van der Waals surface area (Å²) in [5.74, 6) is -4.23. The zero-order valence-corrected chi connectivity index (χ0v) is 36.6. The van der Waals surface area contributed by atoms with Crippen molar-refractivity contribution in [3.05, 3.63) is 61.2 Å². The Balaban J connectivity index is 1.25. The summed E-state index contributed by atoms with van der Waals surface area (Å²) < 4.78 is 12.8. The van der Waals surface area contributed by atoms with E-state index in [0.717, 1.165) is 10.5 Å². The Hall–Kier alpha value is -8.52. The number of aliphatic imine (C=N–C) groups is 1. The molecule has 0 aliphatic heterocycles. The summed E-state index contributed by atoms with van der Waals surface area (Å²) in [4.78, 5) is 123. The second-order valence-electron chi connectivity index (χ2n) is 14.7. The lowest BCUT2D eigenvalue weighted by atomic mass is 10.1. The number of anilines is 2. The van der Waals surface area contributed by atoms with Crippen LogP contribution in [0.3, 0.4) is 0 Å². The molecule has 11 N–H and O–H groups in total. The molecule has 5 aromatic rings. The highest BCUT2D eigenvalue weighted by atomic mass is 16.5. The highest BCUT2D eigenvalue weighted by molar-refractivity contribution is 6.01. The molecule has 0 unspecified atom stereocenters. The quantitative estimate of drug-likeness (QED) is 0.0151. The van der Waals surface area contributed by atoms with Crippen LogP contribution in [0.25, 0.3) is 22.3 Å². The van der Waals surface area contributed by atoms with Crippen LogP contribution in [0, 0.1) is 0 Å². The van der Waals surface area contributed by atoms with Crippen LogP contribution in [-0.4, -0.2) is 149 Å². The number of benzene rings is 1. The first-order valence-corrected chi connectivity index (χ1v) is 20.8. The number of nitrogens with zero attached hydrogens (tertiary/aromatic N) is 11. The highest BCUT2D eigenvalue weighted by Crippen LogP contribution is 2.16. The minimum Gasteiger partial charge on any atom is -0.467 e. The maximum absolute atomic E-state index is 14.2. The highest BCUT2D eigenvalue weighted by Gasteiger charge is 2.29. The third kappa shape index (κ3) is 14.8. The van der Waals surface area contributed by atoms with Crippen LogP contribution in [-0.2, 0) is 57.9 Å². The van der Waals surface area contributed by atoms with Gasteiger partial charge in [0.1, 0.15) is 62.5 Å². The second kappa shape index (κ2) is 24.5. The minimum atomic E-state index is -0.948. The van der Waals surface area contributed by atoms with Gasteiger partial charge in [0.25, 0.3) is 0 Å². The fourth-order valence-electron chi connectivity index (χ4n) is 6.43. The van der Waals surface area contributed by atoms with Gasteiger partial charge in [0, 0.05) is 32.6 Å². The van der Waals surface area contributed by atoms with Crippen molar-refractivity contribution in [2.24, 2.45) is 16.5 Å². The molecule has 0 fully saturated rings. The molecule has 27 heteroatoms. The summed E-state index contributed by atoms with van der Waals surface area (Å²) in [7, 11) is 1.20. The minimum absolute atomic E-state index is 0.00592. The molecular weight excluding hydrogens is 877 g/mol. The summed E-state index contributed by atoms with van der Waals surface area (Å²) in [5, 5.41) is 7.83. The van der Waals surface area contributed by atoms with Crippen molar-refractivity contribution in [1.29, 1.82) is 0 Å². The van der Waals surface area contributed by atoms with Gasteiger partial charge >= 0.3 is 12.1 Å². The van der Waals surface area contributed by atoms with E-state index in [4.69, 9.17) is 32.4 Å². The molecule has 0 saturated heterocycles. The molecule has 0 spiro atoms. The molecule has 1 aromatic carbocycles. The van der Waals surface area contributed by atoms with Crippen LogP contribution in [0.15, 0.2) is 60.6 Å². The number of amides is 6. The zero-order chi connectivity index (χ0) is 48.3. The molecule has 4 aromatic heterocycles. The topological polar surface area (TPSA) is 384 Å². The second-order valence-corrected chi connectivity index (χ2v) is 14.7. The fourth-order valence-corrected chi connectivity index (χ4v) is 6.43. The molecule has 27 nitrogen and oxygen atoms in total. The Morgan fingerprint density at radius 2 is 1.39 bits per heavy atom. The molecule has 356 valence electrons. The molecule has 0 radical (unpaired) electrons. The number of fused-ring (bicyclic) bond motifs is 2. The zero-order valence-electron chi connectivity index (χ0n) is 36.6. The summed E-state index contributed by atoms with van der Waals surface area (Å²) in [6.07, 6.45) is 5.43. The van der Waals surface area contributed by atoms with Crippen LogP contribution in [0.1, 0.15) is 37.7 Å². The number of methoxy groups -OCH3 is 1. The number of hydrogen-bond acceptors (Lipinski definition) is 18. The van der Waals surface area contributed by atoms with Gasteiger partial charge in [0.15, 0.2) is 28.9 Å². The predicted octanol–water partition coefficient (Wildman–Crippen LogP) is -2.06. The molecule has 1 atom stereocenters. The number of unbranched alkanes of at least 4 members (excludes halogenated alkanes) is 1. The fraction of sp³-hybridized carbons (Fsp3) is 0.400. The summed E-state index contributed by atoms with van der Waals surface area (Å²) in [5.41, 5.74) is 24.1. The van der Waals surface area contributed by atoms with Gasteiger partial charge < -0.3 is 62.4 Å². The Kier molecular flexibility index (Phi) is 18.1. The lowest BCUT2D eigenvalue weighted by Gasteiger charge is -2.27. The van der Waals surface area contributed by atoms with Crippen LogP contribution >= 0.6 is 0 Å². The number of nitrogen functional groups attached to an aromatic ring is 2. The van der Waals surface area contributed by atoms with Gasteiger partial charge in [-0.15, -0.1) is 0 Å². The third-order valence-corrected chi connectivity index (χ3v) is 9.84. The van der Waals surface area contributed by atoms with Crippen LogP contribution < -0.4 is 38.9 Å². The molecule has 4 heterocycles. The Labute approximate surface area is 382 Å². The Morgan fingerprint density at radius 1 is 0.746 bits per heavy atom. The van der Waals surface area contributed by atoms with Gasteiger partial charge in [-0.2, -0.15) is 0 Å². The smallest absolute Gasteiger partial charge is 0.407 e. The number of hydrogen-bond donors (Lipinski definition) is 7. The van der Waals surface area contributed by atoms with Gasteiger partial charge in [-0.05, 0) is 31.2 Å². The van der Waals surface area contributed by atoms with E-state index in [0.29, 0.717) is 24.2 Å². The lowest BCUT2D eigenvalue weighted by Crippen LogP contribution is -2.51. The largest absolute Gasteiger partial charge is 0.467 e. The van der Waals surface area contributed by atoms with Crippen molar-refractivity contribution in [2.75, 3.05) is 57.8 Å². The van der Waals surface area contributed by atoms with Gasteiger partial charge in [-0.3, -0.25) is 33.9 Å². The molecule has 0 saturated carbocycles. The maximum Gasteiger partial charge on any atom is 0.407 e. The first kappa shape index (κ1) is 49.5. The standard InChI is InChI=1S/C40H52N18O9/c1-66-38(64)26(10-7-13-46-39(43)44)54-27(59)11-5-6-12-45-28(60)16-58(31(63)19-57-24-53-33-35(42)49-22-51-37(33)57)30(62)18-55(15-14-47-40(65)67-20-25-8-3-2-4-9-25)29(61)17-56-23-52-32-34(41)48-21-50-36(32)56/h2-4,8-9,21-24,26H,5-7,10-20H2,1H3,(H,45,60)(H,47,65)(H,54,59)(H2,41,48,50)(H2,42,49,51)(H4,43,44,46)/t26-/m0/s1. The van der Waals surface area contributed by atoms with E-state index in [-0.39, 0.29) is 85.6 Å². The van der Waals surface area contributed by atoms with Crippen LogP contribution in [0.4, 0.5) is 16.4 Å². The van der Waals surface area contributed by atoms with Crippen molar-refractivity contribution in [3.8, 4) is 0 Å². The number of rotatable bonds is 24. The summed E-state index contributed by atoms with van der Waals surface area (Å²) in [6, 6.07) is 8.03. The molecule has 67 heavy (non-hydrogen) atoms. The SMILES string of the molecule is COC(=O)[C@H](CCCN=C(N)N)NC(=O)CCCCNC(=O)CN(C(=O)CN(CCNC(=O)OCc1ccccc1)C(=O)Cn1cnc2c(N)ncnc21)C(=O)Cn1cnc2c(N)ncnc21. The maximum atomic E-state index is 14.2. The Morgan fingerprint density at radius 3 is 2.01 bits per heavy atom. The number of nitrogens with two attached hydrogens (primary N) is 4. The molecule has 0 bridgehead atoms. The van der Waals surface area contributed by atoms with Gasteiger partial charge in [0.2, 0.25) is 29.5 Å². The van der Waals surface area contributed by atoms with Gasteiger partial charge in [-0.1, -0.05) is 30.3 Å². The van der Waals surface area contributed by atoms with E-state index in [1.165, 1.54) is 41.6 Å². The van der Waals surface area contributed by atoms with E-state index < -0.39 is 73.8 Å². The summed E-state index contributed by atoms with van der Waals surface area (Å²) >= 11 is 0. The first-order chi connectivity index (χ1) is 32.2. The van der Waals surface area contributed by atoms with Gasteiger partial charge in [0.05, 0.1) is 19.8 Å². The number of alkyl carbamates (subject to hydrolysis) is 1. The predicted molar refractivity (Wildman–Crippen MR) is 238 cm³/mol. The van der Waals surface area contributed by atoms with Crippen molar-refractivity contribution >= 4 is 81.5 Å². The number of esters is 1. The average Bonchev–Trinajstić information content (AvgIpc) is 3.92. The molecule has 6 amide bonds. The third-order valence-electron chi connectivity index (χ3n) is 9.84. The van der Waals surface area contributed by atoms with Crippen LogP contribution in [0.5, 0.6) is 0 Å². The number of imide groups is 1. The van der Waals surface area contributed by atoms with E-state index in [1.54, 1.807) is 24.3 Å².